The van der Waals surface area contributed by atoms with Gasteiger partial charge in [0.05, 0.1) is 24.3 Å². The highest BCUT2D eigenvalue weighted by Crippen LogP contribution is 2.32. The summed E-state index contributed by atoms with van der Waals surface area (Å²) in [4.78, 5) is 26.5. The second kappa shape index (κ2) is 10.4. The predicted octanol–water partition coefficient (Wildman–Crippen LogP) is 2.02. The summed E-state index contributed by atoms with van der Waals surface area (Å²) >= 11 is 0. The summed E-state index contributed by atoms with van der Waals surface area (Å²) < 4.78 is 46.0. The minimum absolute atomic E-state index is 0.157. The van der Waals surface area contributed by atoms with Crippen LogP contribution >= 0.6 is 0 Å². The van der Waals surface area contributed by atoms with Crippen molar-refractivity contribution in [3.63, 3.8) is 0 Å². The molecule has 1 aromatic heterocycles. The summed E-state index contributed by atoms with van der Waals surface area (Å²) in [7, 11) is 0. The number of amides is 2. The fraction of sp³-hybridized carbons (Fsp3) is 0.545. The lowest BCUT2D eigenvalue weighted by molar-refractivity contribution is -0.138. The summed E-state index contributed by atoms with van der Waals surface area (Å²) in [6.07, 6.45) is -0.312. The molecule has 0 spiro atoms. The fourth-order valence-electron chi connectivity index (χ4n) is 4.15. The number of likely N-dealkylation sites (tertiary alicyclic amines) is 1. The standard InChI is InChI=1S/C22H27F3N6O3/c23-22(24,25)15-2-1-3-18(12-15)34-17-6-10-30(11-7-17)20(32)13-27-21(33)19-14-31(29-28-19)16-4-8-26-9-5-16/h1-3,12,14,16-17,26H,4-11,13H2,(H,27,33). The molecule has 0 saturated carbocycles. The number of hydrogen-bond acceptors (Lipinski definition) is 6. The highest BCUT2D eigenvalue weighted by atomic mass is 19.4. The number of alkyl halides is 3. The third-order valence-electron chi connectivity index (χ3n) is 6.08. The molecule has 12 heteroatoms. The van der Waals surface area contributed by atoms with Gasteiger partial charge < -0.3 is 20.3 Å². The second-order valence-corrected chi connectivity index (χ2v) is 8.47. The maximum absolute atomic E-state index is 12.9. The van der Waals surface area contributed by atoms with Crippen LogP contribution in [-0.2, 0) is 11.0 Å². The van der Waals surface area contributed by atoms with Crippen molar-refractivity contribution in [3.05, 3.63) is 41.7 Å². The number of hydrogen-bond donors (Lipinski definition) is 2. The second-order valence-electron chi connectivity index (χ2n) is 8.47. The maximum Gasteiger partial charge on any atom is 0.416 e. The molecule has 0 atom stereocenters. The van der Waals surface area contributed by atoms with Gasteiger partial charge in [-0.3, -0.25) is 9.59 Å². The Morgan fingerprint density at radius 3 is 2.59 bits per heavy atom. The number of nitrogens with one attached hydrogen (secondary N) is 2. The van der Waals surface area contributed by atoms with Crippen LogP contribution in [0.3, 0.4) is 0 Å². The predicted molar refractivity (Wildman–Crippen MR) is 115 cm³/mol. The topological polar surface area (TPSA) is 101 Å². The monoisotopic (exact) mass is 480 g/mol. The minimum atomic E-state index is -4.43. The van der Waals surface area contributed by atoms with Crippen molar-refractivity contribution in [2.75, 3.05) is 32.7 Å². The Hall–Kier alpha value is -3.15. The van der Waals surface area contributed by atoms with Crippen LogP contribution in [0.1, 0.15) is 47.8 Å². The van der Waals surface area contributed by atoms with Crippen LogP contribution in [0.2, 0.25) is 0 Å². The molecule has 1 aromatic carbocycles. The number of carbonyl (C=O) groups is 2. The van der Waals surface area contributed by atoms with E-state index in [1.807, 2.05) is 0 Å². The number of nitrogens with zero attached hydrogens (tertiary/aromatic N) is 4. The Labute approximate surface area is 194 Å². The molecule has 2 aromatic rings. The van der Waals surface area contributed by atoms with Gasteiger partial charge in [0.15, 0.2) is 5.69 Å². The molecule has 2 aliphatic rings. The Bertz CT molecular complexity index is 998. The van der Waals surface area contributed by atoms with Gasteiger partial charge in [-0.05, 0) is 44.1 Å². The molecular formula is C22H27F3N6O3. The number of halogens is 3. The van der Waals surface area contributed by atoms with Crippen molar-refractivity contribution >= 4 is 11.8 Å². The van der Waals surface area contributed by atoms with E-state index in [4.69, 9.17) is 4.74 Å². The number of benzene rings is 1. The van der Waals surface area contributed by atoms with Crippen LogP contribution in [0.15, 0.2) is 30.5 Å². The normalized spacial score (nSPS) is 18.0. The maximum atomic E-state index is 12.9. The third kappa shape index (κ3) is 6.04. The summed E-state index contributed by atoms with van der Waals surface area (Å²) in [5.41, 5.74) is -0.594. The van der Waals surface area contributed by atoms with E-state index >= 15 is 0 Å². The summed E-state index contributed by atoms with van der Waals surface area (Å²) in [5.74, 6) is -0.544. The highest BCUT2D eigenvalue weighted by Gasteiger charge is 2.31. The van der Waals surface area contributed by atoms with Crippen molar-refractivity contribution < 1.29 is 27.5 Å². The molecule has 0 aliphatic carbocycles. The van der Waals surface area contributed by atoms with Crippen molar-refractivity contribution in [2.24, 2.45) is 0 Å². The summed E-state index contributed by atoms with van der Waals surface area (Å²) in [6.45, 7) is 2.40. The first-order valence-corrected chi connectivity index (χ1v) is 11.3. The van der Waals surface area contributed by atoms with Gasteiger partial charge in [-0.15, -0.1) is 5.10 Å². The molecule has 2 fully saturated rings. The molecule has 2 amide bonds. The number of aromatic nitrogens is 3. The van der Waals surface area contributed by atoms with Crippen LogP contribution in [0.25, 0.3) is 0 Å². The van der Waals surface area contributed by atoms with E-state index in [1.165, 1.54) is 12.1 Å². The van der Waals surface area contributed by atoms with Crippen LogP contribution in [0.5, 0.6) is 5.75 Å². The smallest absolute Gasteiger partial charge is 0.416 e. The summed E-state index contributed by atoms with van der Waals surface area (Å²) in [6, 6.07) is 4.98. The highest BCUT2D eigenvalue weighted by molar-refractivity contribution is 5.94. The molecule has 9 nitrogen and oxygen atoms in total. The number of ether oxygens (including phenoxy) is 1. The molecule has 0 radical (unpaired) electrons. The molecule has 2 N–H and O–H groups in total. The zero-order valence-electron chi connectivity index (χ0n) is 18.6. The number of carbonyl (C=O) groups excluding carboxylic acids is 2. The van der Waals surface area contributed by atoms with E-state index in [0.717, 1.165) is 38.1 Å². The van der Waals surface area contributed by atoms with Crippen LogP contribution in [0, 0.1) is 0 Å². The van der Waals surface area contributed by atoms with Gasteiger partial charge in [0, 0.05) is 25.9 Å². The van der Waals surface area contributed by atoms with Crippen molar-refractivity contribution in [1.29, 1.82) is 0 Å². The van der Waals surface area contributed by atoms with Crippen LogP contribution in [0.4, 0.5) is 13.2 Å². The van der Waals surface area contributed by atoms with Crippen molar-refractivity contribution in [2.45, 2.75) is 44.0 Å². The lowest BCUT2D eigenvalue weighted by Crippen LogP contribution is -2.46. The van der Waals surface area contributed by atoms with Gasteiger partial charge in [-0.1, -0.05) is 11.3 Å². The molecular weight excluding hydrogens is 453 g/mol. The van der Waals surface area contributed by atoms with Gasteiger partial charge >= 0.3 is 6.18 Å². The lowest BCUT2D eigenvalue weighted by Gasteiger charge is -2.32. The van der Waals surface area contributed by atoms with Crippen LogP contribution in [-0.4, -0.2) is 70.5 Å². The fourth-order valence-corrected chi connectivity index (χ4v) is 4.15. The van der Waals surface area contributed by atoms with Gasteiger partial charge in [0.2, 0.25) is 5.91 Å². The SMILES string of the molecule is O=C(NCC(=O)N1CCC(Oc2cccc(C(F)(F)F)c2)CC1)c1cn(C2CCNCC2)nn1. The Morgan fingerprint density at radius 1 is 1.15 bits per heavy atom. The number of piperidine rings is 2. The molecule has 2 aliphatic heterocycles. The first-order valence-electron chi connectivity index (χ1n) is 11.3. The van der Waals surface area contributed by atoms with E-state index < -0.39 is 17.6 Å². The lowest BCUT2D eigenvalue weighted by atomic mass is 10.1. The van der Waals surface area contributed by atoms with Gasteiger partial charge in [-0.2, -0.15) is 13.2 Å². The van der Waals surface area contributed by atoms with Crippen molar-refractivity contribution in [1.82, 2.24) is 30.5 Å². The molecule has 4 rings (SSSR count). The molecule has 2 saturated heterocycles. The largest absolute Gasteiger partial charge is 0.490 e. The van der Waals surface area contributed by atoms with Gasteiger partial charge in [-0.25, -0.2) is 4.68 Å². The minimum Gasteiger partial charge on any atom is -0.490 e. The first-order chi connectivity index (χ1) is 16.3. The number of rotatable bonds is 6. The Kier molecular flexibility index (Phi) is 7.35. The van der Waals surface area contributed by atoms with E-state index in [9.17, 15) is 22.8 Å². The molecule has 184 valence electrons. The molecule has 0 unspecified atom stereocenters. The Balaban J connectivity index is 1.21. The Morgan fingerprint density at radius 2 is 1.88 bits per heavy atom. The van der Waals surface area contributed by atoms with Crippen LogP contribution < -0.4 is 15.4 Å². The average molecular weight is 480 g/mol. The first kappa shape index (κ1) is 24.0. The van der Waals surface area contributed by atoms with E-state index in [1.54, 1.807) is 15.8 Å². The molecule has 0 bridgehead atoms. The zero-order chi connectivity index (χ0) is 24.1. The van der Waals surface area contributed by atoms with Gasteiger partial charge in [0.1, 0.15) is 11.9 Å². The van der Waals surface area contributed by atoms with E-state index in [-0.39, 0.29) is 36.0 Å². The third-order valence-corrected chi connectivity index (χ3v) is 6.08. The van der Waals surface area contributed by atoms with E-state index in [2.05, 4.69) is 20.9 Å². The molecule has 3 heterocycles. The molecule has 34 heavy (non-hydrogen) atoms. The summed E-state index contributed by atoms with van der Waals surface area (Å²) in [5, 5.41) is 13.8. The zero-order valence-corrected chi connectivity index (χ0v) is 18.6. The van der Waals surface area contributed by atoms with Crippen molar-refractivity contribution in [3.8, 4) is 5.75 Å². The van der Waals surface area contributed by atoms with E-state index in [0.29, 0.717) is 25.9 Å². The van der Waals surface area contributed by atoms with Gasteiger partial charge in [0.25, 0.3) is 5.91 Å². The average Bonchev–Trinajstić information content (AvgIpc) is 3.34. The quantitative estimate of drug-likeness (QED) is 0.656.